The second kappa shape index (κ2) is 5.51. The highest BCUT2D eigenvalue weighted by Gasteiger charge is 2.52. The SMILES string of the molecule is CC(C)C1(C(=O)N[C@H]2CC[C@H](CC(=O)O)CC2)CC1. The van der Waals surface area contributed by atoms with Gasteiger partial charge in [0.05, 0.1) is 5.41 Å². The van der Waals surface area contributed by atoms with Crippen LogP contribution in [0.1, 0.15) is 58.8 Å². The third-order valence-electron chi connectivity index (χ3n) is 4.99. The molecule has 2 aliphatic rings. The van der Waals surface area contributed by atoms with Crippen molar-refractivity contribution >= 4 is 11.9 Å². The number of carboxylic acid groups (broad SMARTS) is 1. The molecular formula is C15H25NO3. The van der Waals surface area contributed by atoms with E-state index in [0.29, 0.717) is 11.8 Å². The average molecular weight is 267 g/mol. The second-order valence-electron chi connectivity index (χ2n) is 6.60. The van der Waals surface area contributed by atoms with Gasteiger partial charge >= 0.3 is 5.97 Å². The van der Waals surface area contributed by atoms with Crippen LogP contribution in [0, 0.1) is 17.3 Å². The minimum atomic E-state index is -0.704. The van der Waals surface area contributed by atoms with Crippen molar-refractivity contribution in [1.29, 1.82) is 0 Å². The zero-order chi connectivity index (χ0) is 14.0. The molecule has 0 saturated heterocycles. The van der Waals surface area contributed by atoms with Gasteiger partial charge in [0.2, 0.25) is 5.91 Å². The Bertz CT molecular complexity index is 352. The summed E-state index contributed by atoms with van der Waals surface area (Å²) in [7, 11) is 0. The van der Waals surface area contributed by atoms with Crippen molar-refractivity contribution in [2.45, 2.75) is 64.8 Å². The lowest BCUT2D eigenvalue weighted by molar-refractivity contribution is -0.138. The lowest BCUT2D eigenvalue weighted by atomic mass is 9.83. The van der Waals surface area contributed by atoms with Crippen molar-refractivity contribution in [1.82, 2.24) is 5.32 Å². The third kappa shape index (κ3) is 3.28. The summed E-state index contributed by atoms with van der Waals surface area (Å²) in [4.78, 5) is 23.0. The molecule has 0 unspecified atom stereocenters. The van der Waals surface area contributed by atoms with Gasteiger partial charge in [0.15, 0.2) is 0 Å². The number of carbonyl (C=O) groups is 2. The first-order valence-corrected chi connectivity index (χ1v) is 7.47. The lowest BCUT2D eigenvalue weighted by Crippen LogP contribution is -2.43. The van der Waals surface area contributed by atoms with Crippen LogP contribution in [-0.4, -0.2) is 23.0 Å². The molecule has 0 aromatic carbocycles. The topological polar surface area (TPSA) is 66.4 Å². The molecule has 19 heavy (non-hydrogen) atoms. The van der Waals surface area contributed by atoms with E-state index in [0.717, 1.165) is 38.5 Å². The van der Waals surface area contributed by atoms with Crippen LogP contribution < -0.4 is 5.32 Å². The van der Waals surface area contributed by atoms with Crippen LogP contribution >= 0.6 is 0 Å². The normalized spacial score (nSPS) is 29.0. The van der Waals surface area contributed by atoms with Crippen molar-refractivity contribution in [2.24, 2.45) is 17.3 Å². The van der Waals surface area contributed by atoms with Crippen LogP contribution in [0.3, 0.4) is 0 Å². The number of aliphatic carboxylic acids is 1. The van der Waals surface area contributed by atoms with E-state index >= 15 is 0 Å². The van der Waals surface area contributed by atoms with Crippen LogP contribution in [0.4, 0.5) is 0 Å². The predicted octanol–water partition coefficient (Wildman–Crippen LogP) is 2.57. The van der Waals surface area contributed by atoms with Gasteiger partial charge in [-0.25, -0.2) is 0 Å². The Morgan fingerprint density at radius 2 is 1.79 bits per heavy atom. The second-order valence-corrected chi connectivity index (χ2v) is 6.60. The summed E-state index contributed by atoms with van der Waals surface area (Å²) < 4.78 is 0. The van der Waals surface area contributed by atoms with Crippen LogP contribution in [0.15, 0.2) is 0 Å². The maximum Gasteiger partial charge on any atom is 0.303 e. The van der Waals surface area contributed by atoms with Crippen molar-refractivity contribution in [3.05, 3.63) is 0 Å². The van der Waals surface area contributed by atoms with E-state index in [1.165, 1.54) is 0 Å². The molecule has 4 heteroatoms. The molecule has 0 bridgehead atoms. The standard InChI is InChI=1S/C15H25NO3/c1-10(2)15(7-8-15)14(19)16-12-5-3-11(4-6-12)9-13(17)18/h10-12H,3-9H2,1-2H3,(H,16,19)(H,17,18)/t11-,12-. The van der Waals surface area contributed by atoms with Gasteiger partial charge in [0.25, 0.3) is 0 Å². The first kappa shape index (κ1) is 14.4. The molecule has 2 rings (SSSR count). The van der Waals surface area contributed by atoms with Gasteiger partial charge in [-0.3, -0.25) is 9.59 Å². The van der Waals surface area contributed by atoms with Gasteiger partial charge in [-0.1, -0.05) is 13.8 Å². The molecule has 1 amide bonds. The molecule has 0 atom stereocenters. The zero-order valence-electron chi connectivity index (χ0n) is 11.9. The average Bonchev–Trinajstić information content (AvgIpc) is 3.12. The molecule has 4 nitrogen and oxygen atoms in total. The maximum atomic E-state index is 12.3. The maximum absolute atomic E-state index is 12.3. The van der Waals surface area contributed by atoms with E-state index in [4.69, 9.17) is 5.11 Å². The Labute approximate surface area is 115 Å². The molecule has 2 fully saturated rings. The highest BCUT2D eigenvalue weighted by Crippen LogP contribution is 2.52. The smallest absolute Gasteiger partial charge is 0.303 e. The van der Waals surface area contributed by atoms with Gasteiger partial charge in [-0.2, -0.15) is 0 Å². The van der Waals surface area contributed by atoms with E-state index < -0.39 is 5.97 Å². The molecule has 0 radical (unpaired) electrons. The molecule has 0 aliphatic heterocycles. The monoisotopic (exact) mass is 267 g/mol. The van der Waals surface area contributed by atoms with Crippen LogP contribution in [0.5, 0.6) is 0 Å². The minimum Gasteiger partial charge on any atom is -0.481 e. The van der Waals surface area contributed by atoms with Crippen LogP contribution in [-0.2, 0) is 9.59 Å². The summed E-state index contributed by atoms with van der Waals surface area (Å²) >= 11 is 0. The fraction of sp³-hybridized carbons (Fsp3) is 0.867. The summed E-state index contributed by atoms with van der Waals surface area (Å²) in [6, 6.07) is 0.258. The Morgan fingerprint density at radius 3 is 2.21 bits per heavy atom. The number of rotatable bonds is 5. The van der Waals surface area contributed by atoms with E-state index in [2.05, 4.69) is 19.2 Å². The fourth-order valence-corrected chi connectivity index (χ4v) is 3.29. The van der Waals surface area contributed by atoms with Crippen molar-refractivity contribution in [3.63, 3.8) is 0 Å². The molecular weight excluding hydrogens is 242 g/mol. The van der Waals surface area contributed by atoms with Crippen LogP contribution in [0.25, 0.3) is 0 Å². The fourth-order valence-electron chi connectivity index (χ4n) is 3.29. The third-order valence-corrected chi connectivity index (χ3v) is 4.99. The molecule has 108 valence electrons. The number of hydrogen-bond acceptors (Lipinski definition) is 2. The first-order valence-electron chi connectivity index (χ1n) is 7.47. The van der Waals surface area contributed by atoms with E-state index in [1.807, 2.05) is 0 Å². The molecule has 0 aromatic rings. The van der Waals surface area contributed by atoms with E-state index in [1.54, 1.807) is 0 Å². The van der Waals surface area contributed by atoms with Gasteiger partial charge in [-0.05, 0) is 50.4 Å². The summed E-state index contributed by atoms with van der Waals surface area (Å²) in [6.45, 7) is 4.24. The molecule has 2 aliphatic carbocycles. The van der Waals surface area contributed by atoms with E-state index in [9.17, 15) is 9.59 Å². The van der Waals surface area contributed by atoms with Gasteiger partial charge in [0.1, 0.15) is 0 Å². The summed E-state index contributed by atoms with van der Waals surface area (Å²) in [5, 5.41) is 12.0. The van der Waals surface area contributed by atoms with Gasteiger partial charge in [0, 0.05) is 12.5 Å². The Kier molecular flexibility index (Phi) is 4.16. The molecule has 0 aromatic heterocycles. The number of carboxylic acids is 1. The molecule has 2 saturated carbocycles. The zero-order valence-corrected chi connectivity index (χ0v) is 11.9. The number of nitrogens with one attached hydrogen (secondary N) is 1. The predicted molar refractivity (Wildman–Crippen MR) is 72.6 cm³/mol. The quantitative estimate of drug-likeness (QED) is 0.804. The van der Waals surface area contributed by atoms with Crippen molar-refractivity contribution in [3.8, 4) is 0 Å². The molecule has 0 spiro atoms. The molecule has 0 heterocycles. The number of carbonyl (C=O) groups excluding carboxylic acids is 1. The number of hydrogen-bond donors (Lipinski definition) is 2. The van der Waals surface area contributed by atoms with Gasteiger partial charge in [-0.15, -0.1) is 0 Å². The van der Waals surface area contributed by atoms with Crippen LogP contribution in [0.2, 0.25) is 0 Å². The van der Waals surface area contributed by atoms with Gasteiger partial charge < -0.3 is 10.4 Å². The Morgan fingerprint density at radius 1 is 1.21 bits per heavy atom. The largest absolute Gasteiger partial charge is 0.481 e. The summed E-state index contributed by atoms with van der Waals surface area (Å²) in [6.07, 6.45) is 6.01. The summed E-state index contributed by atoms with van der Waals surface area (Å²) in [5.41, 5.74) is -0.0993. The molecule has 2 N–H and O–H groups in total. The minimum absolute atomic E-state index is 0.0993. The Hall–Kier alpha value is -1.06. The van der Waals surface area contributed by atoms with Crippen molar-refractivity contribution in [2.75, 3.05) is 0 Å². The Balaban J connectivity index is 1.77. The summed E-state index contributed by atoms with van der Waals surface area (Å²) in [5.74, 6) is 0.231. The highest BCUT2D eigenvalue weighted by atomic mass is 16.4. The lowest BCUT2D eigenvalue weighted by Gasteiger charge is -2.30. The first-order chi connectivity index (χ1) is 8.94. The van der Waals surface area contributed by atoms with Crippen molar-refractivity contribution < 1.29 is 14.7 Å². The van der Waals surface area contributed by atoms with E-state index in [-0.39, 0.29) is 23.8 Å². The highest BCUT2D eigenvalue weighted by molar-refractivity contribution is 5.85. The number of amides is 1.